The summed E-state index contributed by atoms with van der Waals surface area (Å²) in [5.41, 5.74) is 5.77. The van der Waals surface area contributed by atoms with Crippen molar-refractivity contribution >= 4 is 52.1 Å². The zero-order valence-corrected chi connectivity index (χ0v) is 19.6. The Balaban J connectivity index is 1.83. The molecule has 1 aliphatic carbocycles. The highest BCUT2D eigenvalue weighted by molar-refractivity contribution is 7.18. The fraction of sp³-hybridized carbons (Fsp3) is 0.250. The van der Waals surface area contributed by atoms with E-state index in [1.807, 2.05) is 36.4 Å². The van der Waals surface area contributed by atoms with Crippen molar-refractivity contribution in [1.82, 2.24) is 0 Å². The predicted octanol–water partition coefficient (Wildman–Crippen LogP) is 5.62. The quantitative estimate of drug-likeness (QED) is 0.487. The molecular formula is C24H23Cl2N2O3S+. The smallest absolute Gasteiger partial charge is 0.348 e. The highest BCUT2D eigenvalue weighted by Crippen LogP contribution is 2.40. The van der Waals surface area contributed by atoms with E-state index < -0.39 is 5.97 Å². The molecule has 0 aliphatic heterocycles. The molecular weight excluding hydrogens is 467 g/mol. The third-order valence-corrected chi connectivity index (χ3v) is 7.50. The zero-order chi connectivity index (χ0) is 22.8. The van der Waals surface area contributed by atoms with E-state index >= 15 is 0 Å². The molecule has 1 fully saturated rings. The van der Waals surface area contributed by atoms with Crippen LogP contribution in [-0.4, -0.2) is 29.1 Å². The van der Waals surface area contributed by atoms with Crippen molar-refractivity contribution in [3.63, 3.8) is 0 Å². The number of hydrogen-bond acceptors (Lipinski definition) is 3. The molecule has 0 unspecified atom stereocenters. The van der Waals surface area contributed by atoms with Crippen molar-refractivity contribution in [3.8, 4) is 10.4 Å². The number of hydrogen-bond donors (Lipinski definition) is 2. The van der Waals surface area contributed by atoms with Gasteiger partial charge in [0.05, 0.1) is 22.3 Å². The van der Waals surface area contributed by atoms with Crippen molar-refractivity contribution in [2.24, 2.45) is 0 Å². The molecule has 1 aromatic heterocycles. The third kappa shape index (κ3) is 4.69. The summed E-state index contributed by atoms with van der Waals surface area (Å²) in [6.45, 7) is 0. The lowest BCUT2D eigenvalue weighted by atomic mass is 9.90. The molecule has 1 heterocycles. The molecule has 0 spiro atoms. The standard InChI is InChI=1S/C24H22Cl2N2O3S/c25-15-6-11-18(19(26)12-15)23(29)28(17-9-7-16(27)8-10-17)20-13-21(32-22(20)24(30)31)14-4-2-1-3-5-14/h1-6,11-13,16-17H,7-10,27H2,(H,30,31)/p+1. The lowest BCUT2D eigenvalue weighted by Gasteiger charge is -2.35. The second-order valence-corrected chi connectivity index (χ2v) is 9.87. The van der Waals surface area contributed by atoms with E-state index in [1.165, 1.54) is 17.4 Å². The highest BCUT2D eigenvalue weighted by Gasteiger charge is 2.35. The zero-order valence-electron chi connectivity index (χ0n) is 17.3. The van der Waals surface area contributed by atoms with E-state index in [0.717, 1.165) is 36.1 Å². The van der Waals surface area contributed by atoms with Crippen LogP contribution in [0.2, 0.25) is 10.0 Å². The third-order valence-electron chi connectivity index (χ3n) is 5.79. The van der Waals surface area contributed by atoms with Gasteiger partial charge in [-0.1, -0.05) is 53.5 Å². The van der Waals surface area contributed by atoms with Gasteiger partial charge in [-0.3, -0.25) is 4.79 Å². The van der Waals surface area contributed by atoms with Crippen LogP contribution in [0.1, 0.15) is 45.7 Å². The first kappa shape index (κ1) is 22.8. The first-order valence-corrected chi connectivity index (χ1v) is 12.0. The van der Waals surface area contributed by atoms with E-state index in [0.29, 0.717) is 22.3 Å². The van der Waals surface area contributed by atoms with Gasteiger partial charge in [-0.2, -0.15) is 0 Å². The van der Waals surface area contributed by atoms with E-state index in [2.05, 4.69) is 5.73 Å². The number of rotatable bonds is 5. The minimum Gasteiger partial charge on any atom is -0.477 e. The van der Waals surface area contributed by atoms with E-state index in [-0.39, 0.29) is 21.8 Å². The van der Waals surface area contributed by atoms with Gasteiger partial charge in [-0.05, 0) is 42.7 Å². The fourth-order valence-electron chi connectivity index (χ4n) is 4.13. The molecule has 4 N–H and O–H groups in total. The van der Waals surface area contributed by atoms with E-state index in [4.69, 9.17) is 23.2 Å². The number of halogens is 2. The summed E-state index contributed by atoms with van der Waals surface area (Å²) in [5.74, 6) is -1.38. The number of carbonyl (C=O) groups is 2. The van der Waals surface area contributed by atoms with Gasteiger partial charge in [0.15, 0.2) is 0 Å². The van der Waals surface area contributed by atoms with Crippen LogP contribution in [0, 0.1) is 0 Å². The lowest BCUT2D eigenvalue weighted by Crippen LogP contribution is -2.63. The van der Waals surface area contributed by atoms with Crippen LogP contribution in [0.4, 0.5) is 5.69 Å². The first-order chi connectivity index (χ1) is 15.3. The number of thiophene rings is 1. The Morgan fingerprint density at radius 2 is 1.69 bits per heavy atom. The number of anilines is 1. The molecule has 3 aromatic rings. The van der Waals surface area contributed by atoms with Crippen LogP contribution in [0.5, 0.6) is 0 Å². The van der Waals surface area contributed by atoms with Gasteiger partial charge in [-0.15, -0.1) is 11.3 Å². The molecule has 2 aromatic carbocycles. The van der Waals surface area contributed by atoms with Crippen molar-refractivity contribution in [3.05, 3.63) is 75.1 Å². The molecule has 0 atom stereocenters. The van der Waals surface area contributed by atoms with Crippen molar-refractivity contribution < 1.29 is 20.4 Å². The van der Waals surface area contributed by atoms with Gasteiger partial charge in [0.25, 0.3) is 5.91 Å². The number of benzene rings is 2. The topological polar surface area (TPSA) is 85.3 Å². The van der Waals surface area contributed by atoms with Crippen molar-refractivity contribution in [2.75, 3.05) is 4.90 Å². The summed E-state index contributed by atoms with van der Waals surface area (Å²) >= 11 is 13.6. The maximum absolute atomic E-state index is 13.8. The normalized spacial score (nSPS) is 18.3. The van der Waals surface area contributed by atoms with E-state index in [1.54, 1.807) is 17.0 Å². The molecule has 0 bridgehead atoms. The van der Waals surface area contributed by atoms with Crippen LogP contribution in [0.15, 0.2) is 54.6 Å². The summed E-state index contributed by atoms with van der Waals surface area (Å²) in [7, 11) is 0. The number of aromatic carboxylic acids is 1. The molecule has 1 saturated carbocycles. The number of quaternary nitrogens is 1. The molecule has 0 saturated heterocycles. The Kier molecular flexibility index (Phi) is 6.86. The molecule has 1 aliphatic rings. The van der Waals surface area contributed by atoms with Gasteiger partial charge in [0.2, 0.25) is 0 Å². The summed E-state index contributed by atoms with van der Waals surface area (Å²) in [5, 5.41) is 10.7. The summed E-state index contributed by atoms with van der Waals surface area (Å²) < 4.78 is 0. The van der Waals surface area contributed by atoms with Crippen LogP contribution in [0.25, 0.3) is 10.4 Å². The van der Waals surface area contributed by atoms with Gasteiger partial charge >= 0.3 is 5.97 Å². The SMILES string of the molecule is [NH3+]C1CCC(N(C(=O)c2ccc(Cl)cc2Cl)c2cc(-c3ccccc3)sc2C(=O)O)CC1. The predicted molar refractivity (Wildman–Crippen MR) is 129 cm³/mol. The van der Waals surface area contributed by atoms with Crippen molar-refractivity contribution in [1.29, 1.82) is 0 Å². The Bertz CT molecular complexity index is 1140. The van der Waals surface area contributed by atoms with Gasteiger partial charge in [0, 0.05) is 28.8 Å². The lowest BCUT2D eigenvalue weighted by molar-refractivity contribution is -0.425. The highest BCUT2D eigenvalue weighted by atomic mass is 35.5. The second-order valence-electron chi connectivity index (χ2n) is 7.97. The second kappa shape index (κ2) is 9.63. The maximum Gasteiger partial charge on any atom is 0.348 e. The average molecular weight is 490 g/mol. The maximum atomic E-state index is 13.8. The number of amides is 1. The van der Waals surface area contributed by atoms with E-state index in [9.17, 15) is 14.7 Å². The summed E-state index contributed by atoms with van der Waals surface area (Å²) in [6.07, 6.45) is 3.25. The molecule has 8 heteroatoms. The van der Waals surface area contributed by atoms with Gasteiger partial charge < -0.3 is 15.7 Å². The Morgan fingerprint density at radius 1 is 1.00 bits per heavy atom. The van der Waals surface area contributed by atoms with Crippen LogP contribution in [0.3, 0.4) is 0 Å². The van der Waals surface area contributed by atoms with Crippen LogP contribution >= 0.6 is 34.5 Å². The fourth-order valence-corrected chi connectivity index (χ4v) is 5.61. The number of carboxylic acid groups (broad SMARTS) is 1. The largest absolute Gasteiger partial charge is 0.477 e. The molecule has 5 nitrogen and oxygen atoms in total. The summed E-state index contributed by atoms with van der Waals surface area (Å²) in [4.78, 5) is 28.5. The Hall–Kier alpha value is -2.38. The molecule has 4 rings (SSSR count). The summed E-state index contributed by atoms with van der Waals surface area (Å²) in [6, 6.07) is 16.3. The molecule has 32 heavy (non-hydrogen) atoms. The van der Waals surface area contributed by atoms with Crippen molar-refractivity contribution in [2.45, 2.75) is 37.8 Å². The van der Waals surface area contributed by atoms with Gasteiger partial charge in [0.1, 0.15) is 4.88 Å². The molecule has 166 valence electrons. The van der Waals surface area contributed by atoms with Gasteiger partial charge in [-0.25, -0.2) is 4.79 Å². The van der Waals surface area contributed by atoms with Crippen LogP contribution < -0.4 is 10.6 Å². The molecule has 1 amide bonds. The minimum absolute atomic E-state index is 0.136. The molecule has 0 radical (unpaired) electrons. The Morgan fingerprint density at radius 3 is 2.31 bits per heavy atom. The number of carboxylic acids is 1. The van der Waals surface area contributed by atoms with Crippen LogP contribution in [-0.2, 0) is 0 Å². The monoisotopic (exact) mass is 489 g/mol. The Labute approximate surface area is 200 Å². The first-order valence-electron chi connectivity index (χ1n) is 10.4. The number of carbonyl (C=O) groups excluding carboxylic acids is 1. The number of nitrogens with zero attached hydrogens (tertiary/aromatic N) is 1. The average Bonchev–Trinajstić information content (AvgIpc) is 3.21. The minimum atomic E-state index is -1.06.